The molecular formula is C22H35NO5. The molecule has 1 rings (SSSR count). The Labute approximate surface area is 169 Å². The Morgan fingerprint density at radius 3 is 2.25 bits per heavy atom. The van der Waals surface area contributed by atoms with Crippen LogP contribution in [0.25, 0.3) is 0 Å². The minimum Gasteiger partial charge on any atom is -0.460 e. The van der Waals surface area contributed by atoms with E-state index in [9.17, 15) is 9.59 Å². The van der Waals surface area contributed by atoms with Crippen LogP contribution in [-0.4, -0.2) is 48.9 Å². The van der Waals surface area contributed by atoms with Gasteiger partial charge in [0.25, 0.3) is 0 Å². The van der Waals surface area contributed by atoms with Crippen LogP contribution in [0.3, 0.4) is 0 Å². The number of esters is 1. The van der Waals surface area contributed by atoms with Crippen LogP contribution in [0.15, 0.2) is 30.3 Å². The van der Waals surface area contributed by atoms with Crippen molar-refractivity contribution < 1.29 is 23.8 Å². The summed E-state index contributed by atoms with van der Waals surface area (Å²) in [6.45, 7) is 9.75. The maximum Gasteiger partial charge on any atom is 0.410 e. The first-order valence-corrected chi connectivity index (χ1v) is 9.77. The first-order chi connectivity index (χ1) is 13.1. The third kappa shape index (κ3) is 7.89. The summed E-state index contributed by atoms with van der Waals surface area (Å²) in [6, 6.07) is 9.20. The van der Waals surface area contributed by atoms with Gasteiger partial charge in [0.1, 0.15) is 12.2 Å². The molecule has 1 aromatic carbocycles. The van der Waals surface area contributed by atoms with Crippen molar-refractivity contribution in [2.45, 2.75) is 71.8 Å². The van der Waals surface area contributed by atoms with E-state index in [1.165, 1.54) is 4.90 Å². The number of hydrogen-bond acceptors (Lipinski definition) is 5. The van der Waals surface area contributed by atoms with Gasteiger partial charge in [-0.25, -0.2) is 4.79 Å². The van der Waals surface area contributed by atoms with Gasteiger partial charge in [0.05, 0.1) is 18.6 Å². The molecule has 0 aliphatic carbocycles. The van der Waals surface area contributed by atoms with Gasteiger partial charge in [-0.3, -0.25) is 4.79 Å². The normalized spacial score (nSPS) is 14.7. The Bertz CT molecular complexity index is 611. The molecule has 1 amide bonds. The second-order valence-electron chi connectivity index (χ2n) is 8.09. The van der Waals surface area contributed by atoms with Crippen molar-refractivity contribution in [2.24, 2.45) is 5.92 Å². The van der Waals surface area contributed by atoms with Gasteiger partial charge < -0.3 is 19.1 Å². The molecule has 0 radical (unpaired) electrons. The molecule has 1 aromatic rings. The minimum atomic E-state index is -0.568. The lowest BCUT2D eigenvalue weighted by Crippen LogP contribution is -2.50. The van der Waals surface area contributed by atoms with Crippen LogP contribution in [-0.2, 0) is 25.6 Å². The summed E-state index contributed by atoms with van der Waals surface area (Å²) in [5.74, 6) is -0.236. The van der Waals surface area contributed by atoms with Crippen LogP contribution in [0.1, 0.15) is 53.0 Å². The van der Waals surface area contributed by atoms with Crippen molar-refractivity contribution >= 4 is 12.1 Å². The summed E-state index contributed by atoms with van der Waals surface area (Å²) in [5.41, 5.74) is 0.350. The fourth-order valence-electron chi connectivity index (χ4n) is 3.07. The lowest BCUT2D eigenvalue weighted by molar-refractivity contribution is -0.159. The molecule has 0 saturated heterocycles. The smallest absolute Gasteiger partial charge is 0.410 e. The van der Waals surface area contributed by atoms with Crippen LogP contribution in [0.4, 0.5) is 4.79 Å². The fraction of sp³-hybridized carbons (Fsp3) is 0.636. The minimum absolute atomic E-state index is 0.0685. The standard InChI is InChI=1S/C22H35NO5/c1-8-16(2)20(18(26-7)14-19(24)28-22(3,4)5)23(6)21(25)27-15-17-12-10-9-11-13-17/h9-13,16,18,20H,8,14-15H2,1-7H3/t16?,18-,20+/m1/s1. The van der Waals surface area contributed by atoms with Crippen molar-refractivity contribution in [3.63, 3.8) is 0 Å². The van der Waals surface area contributed by atoms with Gasteiger partial charge in [-0.05, 0) is 32.3 Å². The summed E-state index contributed by atoms with van der Waals surface area (Å²) >= 11 is 0. The van der Waals surface area contributed by atoms with E-state index in [4.69, 9.17) is 14.2 Å². The number of benzene rings is 1. The number of ether oxygens (including phenoxy) is 3. The molecule has 0 aromatic heterocycles. The van der Waals surface area contributed by atoms with Crippen LogP contribution in [0.5, 0.6) is 0 Å². The zero-order chi connectivity index (χ0) is 21.3. The van der Waals surface area contributed by atoms with Crippen LogP contribution < -0.4 is 0 Å². The average molecular weight is 394 g/mol. The van der Waals surface area contributed by atoms with E-state index >= 15 is 0 Å². The number of carbonyl (C=O) groups is 2. The molecule has 6 nitrogen and oxygen atoms in total. The Balaban J connectivity index is 2.85. The number of carbonyl (C=O) groups excluding carboxylic acids is 2. The fourth-order valence-corrected chi connectivity index (χ4v) is 3.07. The summed E-state index contributed by atoms with van der Waals surface area (Å²) in [6.07, 6.45) is -0.0340. The van der Waals surface area contributed by atoms with Crippen LogP contribution in [0.2, 0.25) is 0 Å². The van der Waals surface area contributed by atoms with Crippen molar-refractivity contribution in [3.05, 3.63) is 35.9 Å². The molecule has 0 spiro atoms. The number of rotatable bonds is 9. The summed E-state index contributed by atoms with van der Waals surface area (Å²) < 4.78 is 16.5. The molecule has 0 N–H and O–H groups in total. The van der Waals surface area contributed by atoms with Gasteiger partial charge in [-0.2, -0.15) is 0 Å². The van der Waals surface area contributed by atoms with Crippen LogP contribution >= 0.6 is 0 Å². The topological polar surface area (TPSA) is 65.1 Å². The largest absolute Gasteiger partial charge is 0.460 e. The summed E-state index contributed by atoms with van der Waals surface area (Å²) in [7, 11) is 3.23. The lowest BCUT2D eigenvalue weighted by atomic mass is 9.91. The molecular weight excluding hydrogens is 358 g/mol. The number of likely N-dealkylation sites (N-methyl/N-ethyl adjacent to an activating group) is 1. The van der Waals surface area contributed by atoms with Crippen molar-refractivity contribution in [3.8, 4) is 0 Å². The second-order valence-corrected chi connectivity index (χ2v) is 8.09. The van der Waals surface area contributed by atoms with Crippen LogP contribution in [0, 0.1) is 5.92 Å². The van der Waals surface area contributed by atoms with E-state index in [2.05, 4.69) is 0 Å². The first kappa shape index (κ1) is 24.0. The highest BCUT2D eigenvalue weighted by Crippen LogP contribution is 2.23. The Hall–Kier alpha value is -2.08. The monoisotopic (exact) mass is 393 g/mol. The van der Waals surface area contributed by atoms with E-state index in [0.717, 1.165) is 12.0 Å². The van der Waals surface area contributed by atoms with E-state index in [0.29, 0.717) is 0 Å². The lowest BCUT2D eigenvalue weighted by Gasteiger charge is -2.37. The molecule has 0 heterocycles. The Morgan fingerprint density at radius 2 is 1.75 bits per heavy atom. The van der Waals surface area contributed by atoms with Crippen molar-refractivity contribution in [1.82, 2.24) is 4.90 Å². The highest BCUT2D eigenvalue weighted by Gasteiger charge is 2.35. The molecule has 28 heavy (non-hydrogen) atoms. The van der Waals surface area contributed by atoms with Gasteiger partial charge in [0, 0.05) is 14.2 Å². The molecule has 6 heteroatoms. The van der Waals surface area contributed by atoms with E-state index < -0.39 is 17.8 Å². The molecule has 158 valence electrons. The van der Waals surface area contributed by atoms with Gasteiger partial charge in [0.15, 0.2) is 0 Å². The van der Waals surface area contributed by atoms with E-state index in [-0.39, 0.29) is 31.0 Å². The molecule has 0 aliphatic rings. The van der Waals surface area contributed by atoms with Gasteiger partial charge in [-0.1, -0.05) is 50.6 Å². The zero-order valence-electron chi connectivity index (χ0n) is 18.2. The van der Waals surface area contributed by atoms with E-state index in [1.54, 1.807) is 14.2 Å². The second kappa shape index (κ2) is 11.1. The third-order valence-electron chi connectivity index (χ3n) is 4.64. The zero-order valence-corrected chi connectivity index (χ0v) is 18.2. The quantitative estimate of drug-likeness (QED) is 0.581. The maximum absolute atomic E-state index is 12.6. The molecule has 0 bridgehead atoms. The molecule has 0 fully saturated rings. The third-order valence-corrected chi connectivity index (χ3v) is 4.64. The SMILES string of the molecule is CCC(C)[C@@H]([C@@H](CC(=O)OC(C)(C)C)OC)N(C)C(=O)OCc1ccccc1. The highest BCUT2D eigenvalue weighted by molar-refractivity contribution is 5.71. The van der Waals surface area contributed by atoms with Crippen molar-refractivity contribution in [2.75, 3.05) is 14.2 Å². The highest BCUT2D eigenvalue weighted by atomic mass is 16.6. The van der Waals surface area contributed by atoms with Gasteiger partial charge in [0.2, 0.25) is 0 Å². The predicted molar refractivity (Wildman–Crippen MR) is 109 cm³/mol. The Kier molecular flexibility index (Phi) is 9.46. The van der Waals surface area contributed by atoms with Crippen molar-refractivity contribution in [1.29, 1.82) is 0 Å². The number of methoxy groups -OCH3 is 1. The summed E-state index contributed by atoms with van der Waals surface area (Å²) in [5, 5.41) is 0. The number of nitrogens with zero attached hydrogens (tertiary/aromatic N) is 1. The van der Waals surface area contributed by atoms with Gasteiger partial charge >= 0.3 is 12.1 Å². The van der Waals surface area contributed by atoms with E-state index in [1.807, 2.05) is 65.0 Å². The van der Waals surface area contributed by atoms with Gasteiger partial charge in [-0.15, -0.1) is 0 Å². The summed E-state index contributed by atoms with van der Waals surface area (Å²) in [4.78, 5) is 26.5. The molecule has 0 saturated carbocycles. The molecule has 3 atom stereocenters. The average Bonchev–Trinajstić information content (AvgIpc) is 2.64. The number of hydrogen-bond donors (Lipinski definition) is 0. The molecule has 0 aliphatic heterocycles. The Morgan fingerprint density at radius 1 is 1.14 bits per heavy atom. The maximum atomic E-state index is 12.6. The molecule has 1 unspecified atom stereocenters. The first-order valence-electron chi connectivity index (χ1n) is 9.77. The predicted octanol–water partition coefficient (Wildman–Crippen LogP) is 4.42. The number of amides is 1.